The van der Waals surface area contributed by atoms with E-state index in [1.54, 1.807) is 11.3 Å². The van der Waals surface area contributed by atoms with Crippen molar-refractivity contribution < 1.29 is 17.0 Å². The Balaban J connectivity index is 0.000000500. The van der Waals surface area contributed by atoms with E-state index in [4.69, 9.17) is 0 Å². The summed E-state index contributed by atoms with van der Waals surface area (Å²) in [6.07, 6.45) is 0. The third kappa shape index (κ3) is 2.44. The van der Waals surface area contributed by atoms with Crippen LogP contribution >= 0.6 is 11.3 Å². The van der Waals surface area contributed by atoms with Gasteiger partial charge in [-0.3, -0.25) is 11.3 Å². The molecule has 0 unspecified atom stereocenters. The molecule has 0 bridgehead atoms. The standard InChI is InChI=1S/C8H5S.BrH.Mg/c1-2-4-8-6-9-5-7(8)3-1;;/h1-5H;1H;/q-1;;+2/p-1. The van der Waals surface area contributed by atoms with Crippen LogP contribution in [0.25, 0.3) is 10.8 Å². The number of rotatable bonds is 0. The first-order chi connectivity index (χ1) is 4.47. The van der Waals surface area contributed by atoms with Gasteiger partial charge in [0.1, 0.15) is 0 Å². The maximum Gasteiger partial charge on any atom is 2.00 e. The number of fused-ring (bicyclic) bond motifs is 1. The average molecular weight is 237 g/mol. The van der Waals surface area contributed by atoms with Crippen molar-refractivity contribution in [3.05, 3.63) is 35.0 Å². The third-order valence-electron chi connectivity index (χ3n) is 1.32. The van der Waals surface area contributed by atoms with E-state index in [1.165, 1.54) is 10.8 Å². The Hall–Kier alpha value is 0.426. The SMILES string of the molecule is [Br-].[Mg+2].[c-]1scc2ccccc12. The van der Waals surface area contributed by atoms with Crippen molar-refractivity contribution in [1.82, 2.24) is 0 Å². The van der Waals surface area contributed by atoms with Crippen LogP contribution in [0.15, 0.2) is 29.6 Å². The molecule has 0 saturated heterocycles. The Morgan fingerprint density at radius 1 is 1.18 bits per heavy atom. The molecule has 0 nitrogen and oxygen atoms in total. The zero-order valence-electron chi connectivity index (χ0n) is 5.88. The summed E-state index contributed by atoms with van der Waals surface area (Å²) in [7, 11) is 0. The minimum atomic E-state index is 0. The maximum atomic E-state index is 3.16. The molecule has 1 aromatic carbocycles. The van der Waals surface area contributed by atoms with Crippen LogP contribution in [0.3, 0.4) is 0 Å². The molecule has 0 fully saturated rings. The molecule has 0 radical (unpaired) electrons. The molecule has 11 heavy (non-hydrogen) atoms. The Morgan fingerprint density at radius 2 is 1.91 bits per heavy atom. The number of halogens is 1. The Bertz CT molecular complexity index is 288. The summed E-state index contributed by atoms with van der Waals surface area (Å²) in [6, 6.07) is 8.25. The first-order valence-electron chi connectivity index (χ1n) is 2.81. The van der Waals surface area contributed by atoms with Crippen LogP contribution in [-0.4, -0.2) is 23.1 Å². The summed E-state index contributed by atoms with van der Waals surface area (Å²) in [5.74, 6) is 0. The number of hydrogen-bond donors (Lipinski definition) is 0. The first kappa shape index (κ1) is 11.4. The molecule has 0 aliphatic heterocycles. The molecule has 0 aliphatic rings. The van der Waals surface area contributed by atoms with Gasteiger partial charge in [0.25, 0.3) is 0 Å². The van der Waals surface area contributed by atoms with Crippen molar-refractivity contribution >= 4 is 45.2 Å². The van der Waals surface area contributed by atoms with E-state index in [0.717, 1.165) is 0 Å². The van der Waals surface area contributed by atoms with E-state index < -0.39 is 0 Å². The van der Waals surface area contributed by atoms with E-state index in [2.05, 4.69) is 22.9 Å². The van der Waals surface area contributed by atoms with Gasteiger partial charge in [0.2, 0.25) is 0 Å². The molecular formula is C8H5BrMgS. The molecule has 2 aromatic rings. The van der Waals surface area contributed by atoms with Gasteiger partial charge in [-0.25, -0.2) is 0 Å². The van der Waals surface area contributed by atoms with Crippen molar-refractivity contribution in [1.29, 1.82) is 0 Å². The van der Waals surface area contributed by atoms with E-state index in [0.29, 0.717) is 0 Å². The molecule has 0 amide bonds. The zero-order valence-corrected chi connectivity index (χ0v) is 9.70. The summed E-state index contributed by atoms with van der Waals surface area (Å²) in [6.45, 7) is 0. The van der Waals surface area contributed by atoms with Crippen LogP contribution in [0.4, 0.5) is 0 Å². The fraction of sp³-hybridized carbons (Fsp3) is 0. The van der Waals surface area contributed by atoms with E-state index in [1.807, 2.05) is 12.1 Å². The molecule has 1 aromatic heterocycles. The fourth-order valence-corrected chi connectivity index (χ4v) is 1.55. The molecule has 2 rings (SSSR count). The number of thiophene rings is 1. The van der Waals surface area contributed by atoms with Crippen LogP contribution in [0, 0.1) is 5.38 Å². The monoisotopic (exact) mass is 236 g/mol. The van der Waals surface area contributed by atoms with Gasteiger partial charge in [0.05, 0.1) is 0 Å². The van der Waals surface area contributed by atoms with Gasteiger partial charge in [0, 0.05) is 0 Å². The molecule has 1 heterocycles. The van der Waals surface area contributed by atoms with Gasteiger partial charge in [-0.05, 0) is 0 Å². The van der Waals surface area contributed by atoms with Crippen molar-refractivity contribution in [2.24, 2.45) is 0 Å². The predicted molar refractivity (Wildman–Crippen MR) is 46.4 cm³/mol. The molecule has 0 aliphatic carbocycles. The molecule has 52 valence electrons. The first-order valence-corrected chi connectivity index (χ1v) is 3.69. The van der Waals surface area contributed by atoms with Crippen LogP contribution in [0.2, 0.25) is 0 Å². The normalized spacial score (nSPS) is 8.36. The van der Waals surface area contributed by atoms with E-state index in [9.17, 15) is 0 Å². The summed E-state index contributed by atoms with van der Waals surface area (Å²) >= 11 is 1.63. The second-order valence-corrected chi connectivity index (χ2v) is 2.60. The van der Waals surface area contributed by atoms with Gasteiger partial charge >= 0.3 is 23.1 Å². The van der Waals surface area contributed by atoms with Gasteiger partial charge in [-0.2, -0.15) is 0 Å². The Kier molecular flexibility index (Phi) is 5.34. The third-order valence-corrected chi connectivity index (χ3v) is 2.03. The smallest absolute Gasteiger partial charge is 1.00 e. The van der Waals surface area contributed by atoms with Gasteiger partial charge in [-0.15, -0.1) is 34.4 Å². The second-order valence-electron chi connectivity index (χ2n) is 1.93. The maximum absolute atomic E-state index is 3.16. The van der Waals surface area contributed by atoms with Gasteiger partial charge in [-0.1, -0.05) is 11.4 Å². The molecule has 0 spiro atoms. The average Bonchev–Trinajstić information content (AvgIpc) is 2.33. The minimum absolute atomic E-state index is 0. The van der Waals surface area contributed by atoms with E-state index in [-0.39, 0.29) is 40.0 Å². The van der Waals surface area contributed by atoms with Crippen molar-refractivity contribution in [3.63, 3.8) is 0 Å². The number of benzene rings is 1. The quantitative estimate of drug-likeness (QED) is 0.421. The summed E-state index contributed by atoms with van der Waals surface area (Å²) < 4.78 is 0. The molecule has 0 atom stereocenters. The van der Waals surface area contributed by atoms with Gasteiger partial charge < -0.3 is 17.0 Å². The summed E-state index contributed by atoms with van der Waals surface area (Å²) in [4.78, 5) is 0. The van der Waals surface area contributed by atoms with E-state index >= 15 is 0 Å². The molecule has 0 N–H and O–H groups in total. The van der Waals surface area contributed by atoms with Crippen molar-refractivity contribution in [2.75, 3.05) is 0 Å². The topological polar surface area (TPSA) is 0 Å². The van der Waals surface area contributed by atoms with Crippen LogP contribution < -0.4 is 17.0 Å². The molecular weight excluding hydrogens is 232 g/mol. The molecule has 0 saturated carbocycles. The Morgan fingerprint density at radius 3 is 2.64 bits per heavy atom. The molecule has 3 heteroatoms. The van der Waals surface area contributed by atoms with Crippen molar-refractivity contribution in [3.8, 4) is 0 Å². The number of hydrogen-bond acceptors (Lipinski definition) is 1. The van der Waals surface area contributed by atoms with Crippen LogP contribution in [0.1, 0.15) is 0 Å². The largest absolute Gasteiger partial charge is 2.00 e. The Labute approximate surface area is 96.5 Å². The summed E-state index contributed by atoms with van der Waals surface area (Å²) in [5.41, 5.74) is 0. The van der Waals surface area contributed by atoms with Crippen molar-refractivity contribution in [2.45, 2.75) is 0 Å². The van der Waals surface area contributed by atoms with Gasteiger partial charge in [0.15, 0.2) is 0 Å². The summed E-state index contributed by atoms with van der Waals surface area (Å²) in [5, 5.41) is 7.79. The second kappa shape index (κ2) is 5.14. The van der Waals surface area contributed by atoms with Crippen LogP contribution in [0.5, 0.6) is 0 Å². The minimum Gasteiger partial charge on any atom is -1.00 e. The predicted octanol–water partition coefficient (Wildman–Crippen LogP) is -0.675. The fourth-order valence-electron chi connectivity index (χ4n) is 0.849. The van der Waals surface area contributed by atoms with Crippen LogP contribution in [-0.2, 0) is 0 Å². The zero-order chi connectivity index (χ0) is 6.10.